The summed E-state index contributed by atoms with van der Waals surface area (Å²) in [5, 5.41) is 8.46. The van der Waals surface area contributed by atoms with Crippen molar-refractivity contribution in [2.45, 2.75) is 45.4 Å². The molecule has 0 saturated heterocycles. The third-order valence-corrected chi connectivity index (χ3v) is 2.32. The van der Waals surface area contributed by atoms with Crippen molar-refractivity contribution in [1.29, 1.82) is 0 Å². The maximum Gasteiger partial charge on any atom is 0.303 e. The molecule has 1 N–H and O–H groups in total. The number of allylic oxidation sites excluding steroid dienone is 8. The van der Waals surface area contributed by atoms with E-state index in [1.54, 1.807) is 0 Å². The summed E-state index contributed by atoms with van der Waals surface area (Å²) in [5.74, 6) is -0.697. The van der Waals surface area contributed by atoms with E-state index in [9.17, 15) is 4.79 Å². The number of carboxylic acids is 1. The van der Waals surface area contributed by atoms with Crippen molar-refractivity contribution in [3.63, 3.8) is 0 Å². The van der Waals surface area contributed by atoms with Gasteiger partial charge in [-0.05, 0) is 25.7 Å². The van der Waals surface area contributed by atoms with Crippen LogP contribution in [0.1, 0.15) is 45.4 Å². The molecule has 0 unspecified atom stereocenters. The zero-order valence-corrected chi connectivity index (χ0v) is 11.2. The minimum absolute atomic E-state index is 0.291. The molecular formula is C16H24O2. The average Bonchev–Trinajstić information content (AvgIpc) is 2.34. The lowest BCUT2D eigenvalue weighted by atomic mass is 10.1. The zero-order chi connectivity index (χ0) is 13.5. The Morgan fingerprint density at radius 2 is 1.50 bits per heavy atom. The Bertz CT molecular complexity index is 309. The fourth-order valence-electron chi connectivity index (χ4n) is 1.36. The summed E-state index contributed by atoms with van der Waals surface area (Å²) < 4.78 is 0. The van der Waals surface area contributed by atoms with E-state index >= 15 is 0 Å². The van der Waals surface area contributed by atoms with Gasteiger partial charge in [-0.1, -0.05) is 62.0 Å². The average molecular weight is 248 g/mol. The summed E-state index contributed by atoms with van der Waals surface area (Å²) in [6, 6.07) is 0. The molecule has 0 heterocycles. The van der Waals surface area contributed by atoms with Gasteiger partial charge >= 0.3 is 5.97 Å². The molecule has 18 heavy (non-hydrogen) atoms. The number of carbonyl (C=O) groups is 1. The molecule has 0 aliphatic carbocycles. The van der Waals surface area contributed by atoms with Gasteiger partial charge in [0.15, 0.2) is 0 Å². The third-order valence-electron chi connectivity index (χ3n) is 2.32. The van der Waals surface area contributed by atoms with Gasteiger partial charge in [0.05, 0.1) is 0 Å². The summed E-state index contributed by atoms with van der Waals surface area (Å²) in [4.78, 5) is 10.3. The van der Waals surface area contributed by atoms with Crippen molar-refractivity contribution in [2.75, 3.05) is 0 Å². The van der Waals surface area contributed by atoms with Gasteiger partial charge in [0.25, 0.3) is 0 Å². The molecule has 2 heteroatoms. The molecule has 0 atom stereocenters. The zero-order valence-electron chi connectivity index (χ0n) is 11.2. The highest BCUT2D eigenvalue weighted by Crippen LogP contribution is 2.03. The normalized spacial score (nSPS) is 12.5. The number of hydrogen-bond donors (Lipinski definition) is 1. The van der Waals surface area contributed by atoms with Crippen LogP contribution in [0.15, 0.2) is 48.6 Å². The van der Waals surface area contributed by atoms with Crippen LogP contribution in [0.25, 0.3) is 0 Å². The standard InChI is InChI=1S/C16H24O2/c1-2-3-4-5-6-7-8-9-10-11-12-13-14-15-16(17)18/h3-10H,2,11-15H2,1H3,(H,17,18)/b4-3+,6-5+,8-7+,10-9+. The van der Waals surface area contributed by atoms with Gasteiger partial charge < -0.3 is 5.11 Å². The second-order valence-corrected chi connectivity index (χ2v) is 4.03. The van der Waals surface area contributed by atoms with Gasteiger partial charge in [0.1, 0.15) is 0 Å². The van der Waals surface area contributed by atoms with Gasteiger partial charge in [-0.15, -0.1) is 0 Å². The van der Waals surface area contributed by atoms with E-state index < -0.39 is 5.97 Å². The van der Waals surface area contributed by atoms with E-state index in [1.165, 1.54) is 0 Å². The highest BCUT2D eigenvalue weighted by Gasteiger charge is 1.94. The Labute approximate surface area is 110 Å². The van der Waals surface area contributed by atoms with Gasteiger partial charge in [-0.2, -0.15) is 0 Å². The molecular weight excluding hydrogens is 224 g/mol. The van der Waals surface area contributed by atoms with Gasteiger partial charge in [0, 0.05) is 6.42 Å². The van der Waals surface area contributed by atoms with E-state index in [1.807, 2.05) is 36.5 Å². The monoisotopic (exact) mass is 248 g/mol. The Kier molecular flexibility index (Phi) is 12.3. The number of carboxylic acid groups (broad SMARTS) is 1. The lowest BCUT2D eigenvalue weighted by Crippen LogP contribution is -1.93. The van der Waals surface area contributed by atoms with Crippen LogP contribution >= 0.6 is 0 Å². The molecule has 0 fully saturated rings. The molecule has 0 aromatic rings. The van der Waals surface area contributed by atoms with E-state index in [2.05, 4.69) is 19.1 Å². The summed E-state index contributed by atoms with van der Waals surface area (Å²) in [6.45, 7) is 2.11. The maximum atomic E-state index is 10.3. The van der Waals surface area contributed by atoms with Crippen molar-refractivity contribution < 1.29 is 9.90 Å². The van der Waals surface area contributed by atoms with Gasteiger partial charge in [-0.25, -0.2) is 0 Å². The van der Waals surface area contributed by atoms with Crippen LogP contribution in [-0.2, 0) is 4.79 Å². The first-order chi connectivity index (χ1) is 8.77. The van der Waals surface area contributed by atoms with E-state index in [0.29, 0.717) is 6.42 Å². The van der Waals surface area contributed by atoms with Crippen LogP contribution < -0.4 is 0 Å². The second kappa shape index (κ2) is 13.5. The minimum Gasteiger partial charge on any atom is -0.481 e. The maximum absolute atomic E-state index is 10.3. The fourth-order valence-corrected chi connectivity index (χ4v) is 1.36. The molecule has 100 valence electrons. The molecule has 0 aliphatic heterocycles. The summed E-state index contributed by atoms with van der Waals surface area (Å²) >= 11 is 0. The SMILES string of the molecule is CC/C=C/C=C/C=C/C=C/CCCCCC(=O)O. The van der Waals surface area contributed by atoms with Crippen molar-refractivity contribution in [2.24, 2.45) is 0 Å². The fraction of sp³-hybridized carbons (Fsp3) is 0.438. The quantitative estimate of drug-likeness (QED) is 0.451. The lowest BCUT2D eigenvalue weighted by Gasteiger charge is -1.94. The number of hydrogen-bond acceptors (Lipinski definition) is 1. The number of rotatable bonds is 10. The molecule has 0 aromatic carbocycles. The van der Waals surface area contributed by atoms with Crippen LogP contribution in [0.4, 0.5) is 0 Å². The van der Waals surface area contributed by atoms with Crippen LogP contribution in [0.2, 0.25) is 0 Å². The van der Waals surface area contributed by atoms with Crippen LogP contribution in [0.5, 0.6) is 0 Å². The Morgan fingerprint density at radius 3 is 2.11 bits per heavy atom. The minimum atomic E-state index is -0.697. The first kappa shape index (κ1) is 16.4. The van der Waals surface area contributed by atoms with Crippen molar-refractivity contribution >= 4 is 5.97 Å². The van der Waals surface area contributed by atoms with E-state index in [-0.39, 0.29) is 0 Å². The van der Waals surface area contributed by atoms with Gasteiger partial charge in [-0.3, -0.25) is 4.79 Å². The predicted octanol–water partition coefficient (Wildman–Crippen LogP) is 4.66. The largest absolute Gasteiger partial charge is 0.481 e. The number of unbranched alkanes of at least 4 members (excludes halogenated alkanes) is 3. The molecule has 0 radical (unpaired) electrons. The van der Waals surface area contributed by atoms with E-state index in [4.69, 9.17) is 5.11 Å². The molecule has 0 saturated carbocycles. The molecule has 0 aliphatic rings. The molecule has 2 nitrogen and oxygen atoms in total. The molecule has 0 bridgehead atoms. The Hall–Kier alpha value is -1.57. The first-order valence-electron chi connectivity index (χ1n) is 6.64. The van der Waals surface area contributed by atoms with Crippen LogP contribution in [0.3, 0.4) is 0 Å². The van der Waals surface area contributed by atoms with Crippen LogP contribution in [0, 0.1) is 0 Å². The second-order valence-electron chi connectivity index (χ2n) is 4.03. The van der Waals surface area contributed by atoms with E-state index in [0.717, 1.165) is 32.1 Å². The van der Waals surface area contributed by atoms with Crippen molar-refractivity contribution in [1.82, 2.24) is 0 Å². The Balaban J connectivity index is 3.42. The highest BCUT2D eigenvalue weighted by atomic mass is 16.4. The smallest absolute Gasteiger partial charge is 0.303 e. The molecule has 0 aromatic heterocycles. The summed E-state index contributed by atoms with van der Waals surface area (Å²) in [5.41, 5.74) is 0. The molecule has 0 rings (SSSR count). The first-order valence-corrected chi connectivity index (χ1v) is 6.64. The lowest BCUT2D eigenvalue weighted by molar-refractivity contribution is -0.137. The number of aliphatic carboxylic acids is 1. The summed E-state index contributed by atoms with van der Waals surface area (Å²) in [6.07, 6.45) is 21.5. The summed E-state index contributed by atoms with van der Waals surface area (Å²) in [7, 11) is 0. The topological polar surface area (TPSA) is 37.3 Å². The Morgan fingerprint density at radius 1 is 0.889 bits per heavy atom. The van der Waals surface area contributed by atoms with Gasteiger partial charge in [0.2, 0.25) is 0 Å². The van der Waals surface area contributed by atoms with Crippen molar-refractivity contribution in [3.05, 3.63) is 48.6 Å². The van der Waals surface area contributed by atoms with Crippen molar-refractivity contribution in [3.8, 4) is 0 Å². The third kappa shape index (κ3) is 14.4. The molecule has 0 amide bonds. The molecule has 0 spiro atoms. The van der Waals surface area contributed by atoms with Crippen LogP contribution in [-0.4, -0.2) is 11.1 Å². The highest BCUT2D eigenvalue weighted by molar-refractivity contribution is 5.66. The predicted molar refractivity (Wildman–Crippen MR) is 77.6 cm³/mol.